The SMILES string of the molecule is Cc1ccccc1COC1CC2CCC(C1)N2CC(=O)Cn1nc(C)n(C)c1=O.Cc1ccccc1COC1CC2CCC(C1)N2CC(O)Cn1nc(C)n(C)c1=O. The summed E-state index contributed by atoms with van der Waals surface area (Å²) < 4.78 is 18.1. The summed E-state index contributed by atoms with van der Waals surface area (Å²) in [5, 5.41) is 19.0. The molecule has 314 valence electrons. The Bertz CT molecular complexity index is 2130. The molecule has 5 atom stereocenters. The maximum absolute atomic E-state index is 12.6. The van der Waals surface area contributed by atoms with Crippen LogP contribution in [0.25, 0.3) is 0 Å². The number of benzene rings is 2. The van der Waals surface area contributed by atoms with E-state index in [0.717, 1.165) is 51.4 Å². The van der Waals surface area contributed by atoms with Crippen LogP contribution in [0.15, 0.2) is 58.1 Å². The molecule has 6 heterocycles. The molecule has 0 spiro atoms. The number of piperidine rings is 2. The van der Waals surface area contributed by atoms with E-state index in [2.05, 4.69) is 82.4 Å². The Hall–Kier alpha value is -4.21. The first-order valence-electron chi connectivity index (χ1n) is 21.1. The molecule has 2 aromatic heterocycles. The van der Waals surface area contributed by atoms with Crippen LogP contribution in [0.3, 0.4) is 0 Å². The highest BCUT2D eigenvalue weighted by Gasteiger charge is 2.43. The number of hydrogen-bond donors (Lipinski definition) is 1. The molecule has 0 radical (unpaired) electrons. The summed E-state index contributed by atoms with van der Waals surface area (Å²) in [6, 6.07) is 18.4. The summed E-state index contributed by atoms with van der Waals surface area (Å²) in [4.78, 5) is 41.6. The fraction of sp³-hybridized carbons (Fsp3) is 0.614. The predicted molar refractivity (Wildman–Crippen MR) is 220 cm³/mol. The summed E-state index contributed by atoms with van der Waals surface area (Å²) >= 11 is 0. The van der Waals surface area contributed by atoms with Crippen molar-refractivity contribution >= 4 is 5.78 Å². The van der Waals surface area contributed by atoms with Crippen LogP contribution in [0.1, 0.15) is 85.3 Å². The van der Waals surface area contributed by atoms with Gasteiger partial charge in [0, 0.05) is 44.8 Å². The van der Waals surface area contributed by atoms with Crippen LogP contribution >= 0.6 is 0 Å². The first kappa shape index (κ1) is 41.9. The lowest BCUT2D eigenvalue weighted by atomic mass is 9.99. The van der Waals surface area contributed by atoms with Crippen molar-refractivity contribution in [1.82, 2.24) is 38.5 Å². The Morgan fingerprint density at radius 3 is 1.52 bits per heavy atom. The van der Waals surface area contributed by atoms with Crippen LogP contribution in [-0.4, -0.2) is 105 Å². The Labute approximate surface area is 341 Å². The average molecular weight is 799 g/mol. The molecule has 14 nitrogen and oxygen atoms in total. The number of carbonyl (C=O) groups excluding carboxylic acids is 1. The van der Waals surface area contributed by atoms with E-state index in [1.807, 2.05) is 0 Å². The molecule has 4 fully saturated rings. The van der Waals surface area contributed by atoms with E-state index in [1.165, 1.54) is 40.8 Å². The molecule has 0 amide bonds. The molecule has 4 aliphatic rings. The summed E-state index contributed by atoms with van der Waals surface area (Å²) in [6.45, 7) is 10.4. The summed E-state index contributed by atoms with van der Waals surface area (Å²) in [5.41, 5.74) is 4.63. The van der Waals surface area contributed by atoms with Gasteiger partial charge in [-0.3, -0.25) is 23.7 Å². The van der Waals surface area contributed by atoms with Crippen molar-refractivity contribution in [2.24, 2.45) is 14.1 Å². The number of ether oxygens (including phenoxy) is 2. The summed E-state index contributed by atoms with van der Waals surface area (Å²) in [7, 11) is 3.38. The van der Waals surface area contributed by atoms with Gasteiger partial charge in [0.05, 0.1) is 44.6 Å². The lowest BCUT2D eigenvalue weighted by molar-refractivity contribution is -0.123. The van der Waals surface area contributed by atoms with Crippen LogP contribution in [0.5, 0.6) is 0 Å². The van der Waals surface area contributed by atoms with E-state index in [9.17, 15) is 19.5 Å². The third kappa shape index (κ3) is 9.63. The monoisotopic (exact) mass is 798 g/mol. The van der Waals surface area contributed by atoms with Crippen LogP contribution < -0.4 is 11.4 Å². The second-order valence-electron chi connectivity index (χ2n) is 17.1. The molecule has 58 heavy (non-hydrogen) atoms. The van der Waals surface area contributed by atoms with Gasteiger partial charge in [-0.25, -0.2) is 19.0 Å². The Morgan fingerprint density at radius 2 is 1.09 bits per heavy atom. The van der Waals surface area contributed by atoms with Gasteiger partial charge in [0.2, 0.25) is 0 Å². The summed E-state index contributed by atoms with van der Waals surface area (Å²) in [5.74, 6) is 1.32. The van der Waals surface area contributed by atoms with E-state index >= 15 is 0 Å². The molecule has 5 unspecified atom stereocenters. The summed E-state index contributed by atoms with van der Waals surface area (Å²) in [6.07, 6.45) is 8.44. The first-order chi connectivity index (χ1) is 27.8. The predicted octanol–water partition coefficient (Wildman–Crippen LogP) is 3.75. The number of carbonyl (C=O) groups is 1. The van der Waals surface area contributed by atoms with Crippen LogP contribution in [0.2, 0.25) is 0 Å². The fourth-order valence-electron chi connectivity index (χ4n) is 9.57. The van der Waals surface area contributed by atoms with E-state index in [4.69, 9.17) is 9.47 Å². The van der Waals surface area contributed by atoms with Crippen molar-refractivity contribution < 1.29 is 19.4 Å². The molecule has 0 saturated carbocycles. The number of hydrogen-bond acceptors (Lipinski definition) is 10. The topological polar surface area (TPSA) is 142 Å². The van der Waals surface area contributed by atoms with Gasteiger partial charge in [-0.05, 0) is 101 Å². The van der Waals surface area contributed by atoms with Crippen LogP contribution in [-0.2, 0) is 54.7 Å². The van der Waals surface area contributed by atoms with Crippen molar-refractivity contribution in [2.45, 2.75) is 148 Å². The molecule has 14 heteroatoms. The number of aromatic nitrogens is 6. The number of nitrogens with zero attached hydrogens (tertiary/aromatic N) is 8. The number of ketones is 1. The lowest BCUT2D eigenvalue weighted by Crippen LogP contribution is -2.49. The molecule has 1 N–H and O–H groups in total. The highest BCUT2D eigenvalue weighted by atomic mass is 16.5. The maximum Gasteiger partial charge on any atom is 0.346 e. The van der Waals surface area contributed by atoms with E-state index < -0.39 is 6.10 Å². The maximum atomic E-state index is 12.6. The zero-order chi connectivity index (χ0) is 41.1. The number of aryl methyl sites for hydroxylation is 4. The second-order valence-corrected chi connectivity index (χ2v) is 17.1. The van der Waals surface area contributed by atoms with Gasteiger partial charge in [0.25, 0.3) is 0 Å². The van der Waals surface area contributed by atoms with Crippen molar-refractivity contribution in [1.29, 1.82) is 0 Å². The first-order valence-corrected chi connectivity index (χ1v) is 21.1. The average Bonchev–Trinajstić information content (AvgIpc) is 3.76. The molecular formula is C44H62N8O6. The number of Topliss-reactive ketones (excluding diaryl/α,β-unsaturated/α-hetero) is 1. The third-order valence-electron chi connectivity index (χ3n) is 13.2. The van der Waals surface area contributed by atoms with Crippen LogP contribution in [0.4, 0.5) is 0 Å². The van der Waals surface area contributed by atoms with Crippen molar-refractivity contribution in [3.8, 4) is 0 Å². The van der Waals surface area contributed by atoms with Gasteiger partial charge < -0.3 is 14.6 Å². The number of aliphatic hydroxyl groups excluding tert-OH is 1. The minimum atomic E-state index is -0.602. The Morgan fingerprint density at radius 1 is 0.655 bits per heavy atom. The minimum Gasteiger partial charge on any atom is -0.390 e. The van der Waals surface area contributed by atoms with Gasteiger partial charge >= 0.3 is 11.4 Å². The van der Waals surface area contributed by atoms with Gasteiger partial charge in [0.15, 0.2) is 5.78 Å². The molecule has 2 aromatic carbocycles. The van der Waals surface area contributed by atoms with E-state index in [1.54, 1.807) is 27.9 Å². The molecule has 0 aliphatic carbocycles. The largest absolute Gasteiger partial charge is 0.390 e. The normalized spacial score (nSPS) is 24.8. The van der Waals surface area contributed by atoms with E-state index in [-0.39, 0.29) is 42.5 Å². The lowest BCUT2D eigenvalue weighted by Gasteiger charge is -2.39. The molecule has 4 aliphatic heterocycles. The fourth-order valence-corrected chi connectivity index (χ4v) is 9.57. The zero-order valence-electron chi connectivity index (χ0n) is 35.1. The molecular weight excluding hydrogens is 737 g/mol. The highest BCUT2D eigenvalue weighted by molar-refractivity contribution is 5.80. The van der Waals surface area contributed by atoms with Gasteiger partial charge in [-0.1, -0.05) is 48.5 Å². The number of rotatable bonds is 14. The highest BCUT2D eigenvalue weighted by Crippen LogP contribution is 2.38. The Kier molecular flexibility index (Phi) is 13.3. The second kappa shape index (κ2) is 18.4. The molecule has 4 bridgehead atoms. The zero-order valence-corrected chi connectivity index (χ0v) is 35.1. The minimum absolute atomic E-state index is 0.0429. The van der Waals surface area contributed by atoms with Gasteiger partial charge in [-0.2, -0.15) is 10.2 Å². The standard InChI is InChI=1S/C22H32N4O3.C22H30N4O3/c2*1-15-6-4-5-7-17(15)14-29-21-10-18-8-9-19(11-21)25(18)12-20(27)13-26-22(28)24(3)16(2)23-26/h4-7,18-21,27H,8-14H2,1-3H3;4-7,18-19,21H,8-14H2,1-3H3. The molecule has 4 aromatic rings. The van der Waals surface area contributed by atoms with Gasteiger partial charge in [0.1, 0.15) is 18.2 Å². The molecule has 8 rings (SSSR count). The van der Waals surface area contributed by atoms with Crippen molar-refractivity contribution in [3.63, 3.8) is 0 Å². The van der Waals surface area contributed by atoms with Crippen LogP contribution in [0, 0.1) is 27.7 Å². The van der Waals surface area contributed by atoms with E-state index in [0.29, 0.717) is 62.1 Å². The number of fused-ring (bicyclic) bond motifs is 4. The quantitative estimate of drug-likeness (QED) is 0.201. The third-order valence-corrected chi connectivity index (χ3v) is 13.2. The Balaban J connectivity index is 0.000000177. The molecule has 4 saturated heterocycles. The smallest absolute Gasteiger partial charge is 0.346 e. The van der Waals surface area contributed by atoms with Crippen molar-refractivity contribution in [2.75, 3.05) is 13.1 Å². The number of aliphatic hydroxyl groups is 1. The van der Waals surface area contributed by atoms with Crippen molar-refractivity contribution in [3.05, 3.63) is 103 Å². The van der Waals surface area contributed by atoms with Gasteiger partial charge in [-0.15, -0.1) is 0 Å².